The second-order valence-electron chi connectivity index (χ2n) is 2.48. The number of unbranched alkanes of at least 4 members (excludes halogenated alkanes) is 1. The minimum absolute atomic E-state index is 0.0343. The van der Waals surface area contributed by atoms with E-state index >= 15 is 0 Å². The minimum Gasteiger partial charge on any atom is -0.315 e. The van der Waals surface area contributed by atoms with E-state index in [4.69, 9.17) is 0 Å². The van der Waals surface area contributed by atoms with E-state index in [9.17, 15) is 4.79 Å². The number of carbonyl (C=O) groups excluding carboxylic acids is 1. The van der Waals surface area contributed by atoms with Gasteiger partial charge in [-0.3, -0.25) is 4.79 Å². The lowest BCUT2D eigenvalue weighted by Crippen LogP contribution is -2.09. The Labute approximate surface area is 89.0 Å². The SMILES string of the molecule is O=C(CCCCBr)Nc1cnns1. The summed E-state index contributed by atoms with van der Waals surface area (Å²) in [6.07, 6.45) is 4.04. The molecule has 0 aromatic carbocycles. The van der Waals surface area contributed by atoms with Crippen LogP contribution in [0.4, 0.5) is 5.00 Å². The zero-order valence-corrected chi connectivity index (χ0v) is 9.40. The molecule has 4 nitrogen and oxygen atoms in total. The molecule has 72 valence electrons. The first-order valence-corrected chi connectivity index (χ1v) is 5.85. The van der Waals surface area contributed by atoms with Gasteiger partial charge in [-0.15, -0.1) is 5.10 Å². The Morgan fingerprint density at radius 1 is 1.62 bits per heavy atom. The summed E-state index contributed by atoms with van der Waals surface area (Å²) in [5.41, 5.74) is 0. The number of nitrogens with one attached hydrogen (secondary N) is 1. The second-order valence-corrected chi connectivity index (χ2v) is 4.05. The van der Waals surface area contributed by atoms with Crippen molar-refractivity contribution < 1.29 is 4.79 Å². The molecule has 1 rings (SSSR count). The lowest BCUT2D eigenvalue weighted by molar-refractivity contribution is -0.116. The molecular formula is C7H10BrN3OS. The minimum atomic E-state index is 0.0343. The number of hydrogen-bond acceptors (Lipinski definition) is 4. The number of halogens is 1. The highest BCUT2D eigenvalue weighted by molar-refractivity contribution is 9.09. The highest BCUT2D eigenvalue weighted by Gasteiger charge is 2.02. The Morgan fingerprint density at radius 3 is 3.08 bits per heavy atom. The van der Waals surface area contributed by atoms with Crippen LogP contribution in [0.3, 0.4) is 0 Å². The number of rotatable bonds is 5. The van der Waals surface area contributed by atoms with Crippen molar-refractivity contribution >= 4 is 38.4 Å². The van der Waals surface area contributed by atoms with Gasteiger partial charge in [0.15, 0.2) is 0 Å². The topological polar surface area (TPSA) is 54.9 Å². The normalized spacial score (nSPS) is 9.92. The van der Waals surface area contributed by atoms with Crippen LogP contribution in [-0.4, -0.2) is 20.8 Å². The number of carbonyl (C=O) groups is 1. The molecule has 0 saturated carbocycles. The molecule has 0 aliphatic rings. The molecule has 0 aliphatic heterocycles. The summed E-state index contributed by atoms with van der Waals surface area (Å²) in [5.74, 6) is 0.0343. The average Bonchev–Trinajstić information content (AvgIpc) is 2.57. The van der Waals surface area contributed by atoms with E-state index in [0.717, 1.165) is 18.2 Å². The van der Waals surface area contributed by atoms with E-state index in [2.05, 4.69) is 30.8 Å². The standard InChI is InChI=1S/C7H10BrN3OS/c8-4-2-1-3-6(12)10-7-5-9-11-13-7/h5H,1-4H2,(H,10,12). The Morgan fingerprint density at radius 2 is 2.46 bits per heavy atom. The van der Waals surface area contributed by atoms with E-state index in [1.807, 2.05) is 0 Å². The smallest absolute Gasteiger partial charge is 0.225 e. The molecule has 1 heterocycles. The summed E-state index contributed by atoms with van der Waals surface area (Å²) in [7, 11) is 0. The molecule has 0 bridgehead atoms. The summed E-state index contributed by atoms with van der Waals surface area (Å²) >= 11 is 4.50. The third-order valence-electron chi connectivity index (χ3n) is 1.41. The van der Waals surface area contributed by atoms with Gasteiger partial charge in [-0.05, 0) is 12.8 Å². The lowest BCUT2D eigenvalue weighted by atomic mass is 10.2. The third kappa shape index (κ3) is 4.33. The molecule has 1 aromatic heterocycles. The highest BCUT2D eigenvalue weighted by atomic mass is 79.9. The lowest BCUT2D eigenvalue weighted by Gasteiger charge is -1.99. The van der Waals surface area contributed by atoms with Crippen LogP contribution >= 0.6 is 27.5 Å². The first-order chi connectivity index (χ1) is 6.33. The van der Waals surface area contributed by atoms with Gasteiger partial charge >= 0.3 is 0 Å². The molecule has 1 aromatic rings. The summed E-state index contributed by atoms with van der Waals surface area (Å²) in [5, 5.41) is 8.00. The van der Waals surface area contributed by atoms with Gasteiger partial charge in [0.2, 0.25) is 5.91 Å². The van der Waals surface area contributed by atoms with Crippen LogP contribution in [0.5, 0.6) is 0 Å². The summed E-state index contributed by atoms with van der Waals surface area (Å²) in [4.78, 5) is 11.2. The molecule has 13 heavy (non-hydrogen) atoms. The van der Waals surface area contributed by atoms with Crippen molar-refractivity contribution in [1.29, 1.82) is 0 Å². The fourth-order valence-corrected chi connectivity index (χ4v) is 1.63. The Bertz CT molecular complexity index is 252. The van der Waals surface area contributed by atoms with Crippen molar-refractivity contribution in [3.05, 3.63) is 6.20 Å². The fraction of sp³-hybridized carbons (Fsp3) is 0.571. The molecule has 0 spiro atoms. The van der Waals surface area contributed by atoms with Crippen molar-refractivity contribution in [3.63, 3.8) is 0 Å². The maximum absolute atomic E-state index is 11.2. The highest BCUT2D eigenvalue weighted by Crippen LogP contribution is 2.10. The molecule has 0 radical (unpaired) electrons. The zero-order chi connectivity index (χ0) is 9.52. The van der Waals surface area contributed by atoms with Gasteiger partial charge in [0.25, 0.3) is 0 Å². The van der Waals surface area contributed by atoms with Crippen LogP contribution in [0.2, 0.25) is 0 Å². The van der Waals surface area contributed by atoms with Gasteiger partial charge < -0.3 is 5.32 Å². The fourth-order valence-electron chi connectivity index (χ4n) is 0.802. The number of aromatic nitrogens is 2. The van der Waals surface area contributed by atoms with E-state index in [1.165, 1.54) is 11.5 Å². The van der Waals surface area contributed by atoms with E-state index in [-0.39, 0.29) is 5.91 Å². The molecule has 0 saturated heterocycles. The van der Waals surface area contributed by atoms with Crippen molar-refractivity contribution in [1.82, 2.24) is 9.59 Å². The first-order valence-electron chi connectivity index (χ1n) is 3.96. The van der Waals surface area contributed by atoms with E-state index in [1.54, 1.807) is 6.20 Å². The van der Waals surface area contributed by atoms with Gasteiger partial charge in [-0.25, -0.2) is 0 Å². The predicted molar refractivity (Wildman–Crippen MR) is 56.2 cm³/mol. The Hall–Kier alpha value is -0.490. The quantitative estimate of drug-likeness (QED) is 0.654. The number of amides is 1. The maximum atomic E-state index is 11.2. The third-order valence-corrected chi connectivity index (χ3v) is 2.55. The summed E-state index contributed by atoms with van der Waals surface area (Å²) in [6, 6.07) is 0. The van der Waals surface area contributed by atoms with Gasteiger partial charge in [0.1, 0.15) is 5.00 Å². The first kappa shape index (κ1) is 10.6. The Kier molecular flexibility index (Phi) is 4.92. The van der Waals surface area contributed by atoms with Crippen molar-refractivity contribution in [2.24, 2.45) is 0 Å². The van der Waals surface area contributed by atoms with Gasteiger partial charge in [-0.2, -0.15) is 0 Å². The summed E-state index contributed by atoms with van der Waals surface area (Å²) in [6.45, 7) is 0. The molecule has 0 unspecified atom stereocenters. The van der Waals surface area contributed by atoms with Crippen LogP contribution in [0.15, 0.2) is 6.20 Å². The molecular weight excluding hydrogens is 254 g/mol. The molecule has 0 aliphatic carbocycles. The molecule has 0 fully saturated rings. The molecule has 1 N–H and O–H groups in total. The van der Waals surface area contributed by atoms with Gasteiger partial charge in [-0.1, -0.05) is 20.4 Å². The van der Waals surface area contributed by atoms with Crippen LogP contribution in [-0.2, 0) is 4.79 Å². The average molecular weight is 264 g/mol. The monoisotopic (exact) mass is 263 g/mol. The second kappa shape index (κ2) is 6.04. The van der Waals surface area contributed by atoms with Crippen molar-refractivity contribution in [3.8, 4) is 0 Å². The number of nitrogens with zero attached hydrogens (tertiary/aromatic N) is 2. The van der Waals surface area contributed by atoms with E-state index < -0.39 is 0 Å². The molecule has 6 heteroatoms. The largest absolute Gasteiger partial charge is 0.315 e. The van der Waals surface area contributed by atoms with Crippen molar-refractivity contribution in [2.45, 2.75) is 19.3 Å². The van der Waals surface area contributed by atoms with Crippen LogP contribution in [0.1, 0.15) is 19.3 Å². The molecule has 1 amide bonds. The maximum Gasteiger partial charge on any atom is 0.225 e. The zero-order valence-electron chi connectivity index (χ0n) is 6.99. The van der Waals surface area contributed by atoms with Crippen LogP contribution < -0.4 is 5.32 Å². The van der Waals surface area contributed by atoms with Crippen molar-refractivity contribution in [2.75, 3.05) is 10.6 Å². The van der Waals surface area contributed by atoms with E-state index in [0.29, 0.717) is 11.4 Å². The number of anilines is 1. The number of hydrogen-bond donors (Lipinski definition) is 1. The Balaban J connectivity index is 2.18. The van der Waals surface area contributed by atoms with Crippen LogP contribution in [0, 0.1) is 0 Å². The summed E-state index contributed by atoms with van der Waals surface area (Å²) < 4.78 is 3.64. The molecule has 0 atom stereocenters. The van der Waals surface area contributed by atoms with Gasteiger partial charge in [0, 0.05) is 23.3 Å². The van der Waals surface area contributed by atoms with Gasteiger partial charge in [0.05, 0.1) is 6.20 Å². The number of alkyl halides is 1. The van der Waals surface area contributed by atoms with Crippen LogP contribution in [0.25, 0.3) is 0 Å². The predicted octanol–water partition coefficient (Wildman–Crippen LogP) is 2.04.